The third-order valence-corrected chi connectivity index (χ3v) is 3.15. The second-order valence-corrected chi connectivity index (χ2v) is 5.17. The van der Waals surface area contributed by atoms with Gasteiger partial charge in [0, 0.05) is 17.0 Å². The van der Waals surface area contributed by atoms with Crippen LogP contribution in [0.15, 0.2) is 6.07 Å². The Morgan fingerprint density at radius 1 is 1.11 bits per heavy atom. The van der Waals surface area contributed by atoms with Crippen LogP contribution < -0.4 is 0 Å². The lowest BCUT2D eigenvalue weighted by Gasteiger charge is -2.05. The van der Waals surface area contributed by atoms with Gasteiger partial charge in [0.25, 0.3) is 5.95 Å². The van der Waals surface area contributed by atoms with E-state index in [-0.39, 0.29) is 0 Å². The van der Waals surface area contributed by atoms with Crippen LogP contribution in [-0.4, -0.2) is 19.7 Å². The van der Waals surface area contributed by atoms with Gasteiger partial charge in [-0.1, -0.05) is 25.4 Å². The van der Waals surface area contributed by atoms with Crippen molar-refractivity contribution in [3.63, 3.8) is 0 Å². The van der Waals surface area contributed by atoms with Gasteiger partial charge < -0.3 is 0 Å². The van der Waals surface area contributed by atoms with E-state index in [4.69, 9.17) is 11.6 Å². The predicted octanol–water partition coefficient (Wildman–Crippen LogP) is 3.36. The van der Waals surface area contributed by atoms with E-state index in [0.717, 1.165) is 22.6 Å². The number of hydrogen-bond acceptors (Lipinski definition) is 3. The van der Waals surface area contributed by atoms with Crippen molar-refractivity contribution >= 4 is 11.6 Å². The number of hydrogen-bond donors (Lipinski definition) is 0. The molecule has 2 rings (SSSR count). The van der Waals surface area contributed by atoms with Crippen LogP contribution in [0.25, 0.3) is 5.95 Å². The van der Waals surface area contributed by atoms with E-state index >= 15 is 0 Å². The lowest BCUT2D eigenvalue weighted by molar-refractivity contribution is 0.784. The molecule has 0 fully saturated rings. The van der Waals surface area contributed by atoms with Crippen LogP contribution in [0.5, 0.6) is 0 Å². The van der Waals surface area contributed by atoms with Gasteiger partial charge in [-0.3, -0.25) is 0 Å². The molecule has 0 bridgehead atoms. The predicted molar refractivity (Wildman–Crippen MR) is 72.5 cm³/mol. The molecule has 18 heavy (non-hydrogen) atoms. The van der Waals surface area contributed by atoms with Crippen LogP contribution >= 0.6 is 11.6 Å². The molecule has 0 aromatic carbocycles. The minimum absolute atomic E-state index is 0.331. The van der Waals surface area contributed by atoms with Gasteiger partial charge in [-0.25, -0.2) is 9.97 Å². The van der Waals surface area contributed by atoms with Gasteiger partial charge >= 0.3 is 0 Å². The highest BCUT2D eigenvalue weighted by Crippen LogP contribution is 2.28. The van der Waals surface area contributed by atoms with Crippen molar-refractivity contribution in [1.82, 2.24) is 19.7 Å². The average molecular weight is 265 g/mol. The Morgan fingerprint density at radius 3 is 2.11 bits per heavy atom. The average Bonchev–Trinajstić information content (AvgIpc) is 2.52. The van der Waals surface area contributed by atoms with Gasteiger partial charge in [-0.05, 0) is 32.8 Å². The third-order valence-electron chi connectivity index (χ3n) is 2.79. The molecule has 0 saturated carbocycles. The van der Waals surface area contributed by atoms with E-state index in [1.165, 1.54) is 0 Å². The number of halogens is 1. The number of aryl methyl sites for hydroxylation is 3. The van der Waals surface area contributed by atoms with Gasteiger partial charge in [0.15, 0.2) is 0 Å². The first-order valence-electron chi connectivity index (χ1n) is 5.97. The molecule has 0 radical (unpaired) electrons. The normalized spacial score (nSPS) is 11.3. The lowest BCUT2D eigenvalue weighted by Crippen LogP contribution is -2.05. The first kappa shape index (κ1) is 13.0. The Labute approximate surface area is 112 Å². The molecule has 0 amide bonds. The molecule has 0 aliphatic carbocycles. The Morgan fingerprint density at radius 2 is 1.67 bits per heavy atom. The van der Waals surface area contributed by atoms with E-state index in [0.29, 0.717) is 17.0 Å². The molecule has 0 saturated heterocycles. The van der Waals surface area contributed by atoms with Gasteiger partial charge in [0.1, 0.15) is 5.15 Å². The fourth-order valence-corrected chi connectivity index (χ4v) is 2.57. The van der Waals surface area contributed by atoms with Crippen LogP contribution in [-0.2, 0) is 0 Å². The summed E-state index contributed by atoms with van der Waals surface area (Å²) < 4.78 is 1.62. The standard InChI is InChI=1S/C13H17ClN4/c1-7(2)11-10(5)17-18(12(11)14)13-15-8(3)6-9(4)16-13/h6-7H,1-5H3. The highest BCUT2D eigenvalue weighted by Gasteiger charge is 2.18. The van der Waals surface area contributed by atoms with Crippen molar-refractivity contribution in [2.24, 2.45) is 0 Å². The maximum Gasteiger partial charge on any atom is 0.252 e. The molecule has 2 aromatic heterocycles. The van der Waals surface area contributed by atoms with Crippen LogP contribution in [0.3, 0.4) is 0 Å². The highest BCUT2D eigenvalue weighted by molar-refractivity contribution is 6.30. The SMILES string of the molecule is Cc1cc(C)nc(-n2nc(C)c(C(C)C)c2Cl)n1. The maximum atomic E-state index is 6.38. The minimum atomic E-state index is 0.331. The van der Waals surface area contributed by atoms with Crippen molar-refractivity contribution in [2.45, 2.75) is 40.5 Å². The van der Waals surface area contributed by atoms with Crippen LogP contribution in [0, 0.1) is 20.8 Å². The molecule has 0 N–H and O–H groups in total. The van der Waals surface area contributed by atoms with Crippen LogP contribution in [0.4, 0.5) is 0 Å². The Kier molecular flexibility index (Phi) is 3.39. The summed E-state index contributed by atoms with van der Waals surface area (Å²) in [7, 11) is 0. The summed E-state index contributed by atoms with van der Waals surface area (Å²) >= 11 is 6.38. The largest absolute Gasteiger partial charge is 0.252 e. The quantitative estimate of drug-likeness (QED) is 0.835. The molecular formula is C13H17ClN4. The van der Waals surface area contributed by atoms with Gasteiger partial charge in [-0.15, -0.1) is 0 Å². The van der Waals surface area contributed by atoms with Crippen molar-refractivity contribution in [1.29, 1.82) is 0 Å². The molecule has 0 spiro atoms. The zero-order chi connectivity index (χ0) is 13.4. The van der Waals surface area contributed by atoms with Crippen LogP contribution in [0.1, 0.15) is 42.4 Å². The fraction of sp³-hybridized carbons (Fsp3) is 0.462. The lowest BCUT2D eigenvalue weighted by atomic mass is 10.1. The van der Waals surface area contributed by atoms with E-state index in [9.17, 15) is 0 Å². The number of aromatic nitrogens is 4. The second kappa shape index (κ2) is 4.69. The molecular weight excluding hydrogens is 248 g/mol. The van der Waals surface area contributed by atoms with Crippen molar-refractivity contribution in [3.05, 3.63) is 33.9 Å². The fourth-order valence-electron chi connectivity index (χ4n) is 2.10. The summed E-state index contributed by atoms with van der Waals surface area (Å²) in [5.41, 5.74) is 3.80. The van der Waals surface area contributed by atoms with Crippen molar-refractivity contribution in [3.8, 4) is 5.95 Å². The maximum absolute atomic E-state index is 6.38. The first-order valence-corrected chi connectivity index (χ1v) is 6.35. The number of rotatable bonds is 2. The van der Waals surface area contributed by atoms with Crippen LogP contribution in [0.2, 0.25) is 5.15 Å². The number of nitrogens with zero attached hydrogens (tertiary/aromatic N) is 4. The molecule has 4 nitrogen and oxygen atoms in total. The summed E-state index contributed by atoms with van der Waals surface area (Å²) in [5, 5.41) is 5.05. The monoisotopic (exact) mass is 264 g/mol. The molecule has 0 aliphatic heterocycles. The van der Waals surface area contributed by atoms with E-state index in [1.54, 1.807) is 4.68 Å². The van der Waals surface area contributed by atoms with Gasteiger partial charge in [0.2, 0.25) is 0 Å². The zero-order valence-electron chi connectivity index (χ0n) is 11.3. The summed E-state index contributed by atoms with van der Waals surface area (Å²) in [6.45, 7) is 10.0. The molecule has 0 atom stereocenters. The molecule has 5 heteroatoms. The van der Waals surface area contributed by atoms with Crippen molar-refractivity contribution < 1.29 is 0 Å². The third kappa shape index (κ3) is 2.25. The molecule has 96 valence electrons. The minimum Gasteiger partial charge on any atom is -0.216 e. The summed E-state index contributed by atoms with van der Waals surface area (Å²) in [6.07, 6.45) is 0. The molecule has 0 unspecified atom stereocenters. The molecule has 2 heterocycles. The topological polar surface area (TPSA) is 43.6 Å². The summed E-state index contributed by atoms with van der Waals surface area (Å²) in [6, 6.07) is 1.93. The summed E-state index contributed by atoms with van der Waals surface area (Å²) in [5.74, 6) is 0.865. The highest BCUT2D eigenvalue weighted by atomic mass is 35.5. The van der Waals surface area contributed by atoms with Gasteiger partial charge in [-0.2, -0.15) is 9.78 Å². The van der Waals surface area contributed by atoms with E-state index in [1.807, 2.05) is 26.8 Å². The van der Waals surface area contributed by atoms with E-state index < -0.39 is 0 Å². The second-order valence-electron chi connectivity index (χ2n) is 4.81. The Hall–Kier alpha value is -1.42. The first-order chi connectivity index (χ1) is 8.40. The molecule has 0 aliphatic rings. The van der Waals surface area contributed by atoms with E-state index in [2.05, 4.69) is 28.9 Å². The zero-order valence-corrected chi connectivity index (χ0v) is 12.1. The smallest absolute Gasteiger partial charge is 0.216 e. The van der Waals surface area contributed by atoms with Gasteiger partial charge in [0.05, 0.1) is 5.69 Å². The Bertz CT molecular complexity index is 567. The Balaban J connectivity index is 2.61. The molecule has 2 aromatic rings. The van der Waals surface area contributed by atoms with Crippen molar-refractivity contribution in [2.75, 3.05) is 0 Å². The summed E-state index contributed by atoms with van der Waals surface area (Å²) in [4.78, 5) is 8.77.